The Hall–Kier alpha value is -2.54. The first-order valence-corrected chi connectivity index (χ1v) is 8.81. The third-order valence-corrected chi connectivity index (χ3v) is 4.70. The van der Waals surface area contributed by atoms with Crippen molar-refractivity contribution in [2.45, 2.75) is 58.4 Å². The molecule has 25 heavy (non-hydrogen) atoms. The Morgan fingerprint density at radius 1 is 1.28 bits per heavy atom. The van der Waals surface area contributed by atoms with Crippen LogP contribution in [-0.4, -0.2) is 15.7 Å². The number of aromatic nitrogens is 2. The van der Waals surface area contributed by atoms with E-state index in [2.05, 4.69) is 67.3 Å². The topological polar surface area (TPSA) is 46.9 Å². The minimum absolute atomic E-state index is 0.000279. The fourth-order valence-corrected chi connectivity index (χ4v) is 3.34. The Morgan fingerprint density at radius 3 is 2.64 bits per heavy atom. The summed E-state index contributed by atoms with van der Waals surface area (Å²) >= 11 is 0. The molecule has 130 valence electrons. The van der Waals surface area contributed by atoms with Crippen molar-refractivity contribution in [3.63, 3.8) is 0 Å². The molecule has 1 atom stereocenters. The van der Waals surface area contributed by atoms with E-state index in [-0.39, 0.29) is 17.4 Å². The van der Waals surface area contributed by atoms with Crippen LogP contribution in [0.15, 0.2) is 30.5 Å². The Labute approximate surface area is 149 Å². The summed E-state index contributed by atoms with van der Waals surface area (Å²) in [6, 6.07) is 8.58. The number of fused-ring (bicyclic) bond motifs is 1. The molecule has 0 radical (unpaired) electrons. The Kier molecular flexibility index (Phi) is 4.67. The minimum Gasteiger partial charge on any atom is -0.338 e. The van der Waals surface area contributed by atoms with E-state index in [1.165, 1.54) is 11.3 Å². The lowest BCUT2D eigenvalue weighted by Gasteiger charge is -2.23. The summed E-state index contributed by atoms with van der Waals surface area (Å²) in [7, 11) is 0. The fourth-order valence-electron chi connectivity index (χ4n) is 3.34. The first-order chi connectivity index (χ1) is 11.9. The molecule has 3 rings (SSSR count). The molecule has 1 heterocycles. The van der Waals surface area contributed by atoms with Gasteiger partial charge in [0.05, 0.1) is 17.9 Å². The van der Waals surface area contributed by atoms with Crippen LogP contribution in [0.5, 0.6) is 0 Å². The number of benzene rings is 1. The molecule has 4 heteroatoms. The summed E-state index contributed by atoms with van der Waals surface area (Å²) in [4.78, 5) is 11.8. The second kappa shape index (κ2) is 6.76. The van der Waals surface area contributed by atoms with Gasteiger partial charge >= 0.3 is 0 Å². The zero-order chi connectivity index (χ0) is 18.0. The van der Waals surface area contributed by atoms with Crippen molar-refractivity contribution in [1.82, 2.24) is 15.1 Å². The van der Waals surface area contributed by atoms with E-state index in [9.17, 15) is 4.79 Å². The van der Waals surface area contributed by atoms with E-state index >= 15 is 0 Å². The molecule has 2 aromatic rings. The molecule has 1 aliphatic carbocycles. The monoisotopic (exact) mass is 335 g/mol. The number of hydrogen-bond donors (Lipinski definition) is 1. The predicted octanol–water partition coefficient (Wildman–Crippen LogP) is 3.69. The van der Waals surface area contributed by atoms with Crippen LogP contribution >= 0.6 is 0 Å². The number of carbonyl (C=O) groups excluding carboxylic acids is 1. The van der Waals surface area contributed by atoms with Gasteiger partial charge in [-0.1, -0.05) is 38.8 Å². The molecule has 0 fully saturated rings. The van der Waals surface area contributed by atoms with Crippen LogP contribution in [0, 0.1) is 11.8 Å². The highest BCUT2D eigenvalue weighted by Gasteiger charge is 2.25. The summed E-state index contributed by atoms with van der Waals surface area (Å²) in [5.41, 5.74) is 4.80. The van der Waals surface area contributed by atoms with Crippen molar-refractivity contribution in [3.05, 3.63) is 47.3 Å². The van der Waals surface area contributed by atoms with Crippen LogP contribution in [0.4, 0.5) is 0 Å². The molecule has 0 saturated heterocycles. The maximum atomic E-state index is 11.8. The summed E-state index contributed by atoms with van der Waals surface area (Å²) in [6.45, 7) is 8.31. The standard InChI is InChI=1S/C21H25N3O/c1-5-7-20(25)23-18-8-6-9-19-17(18)14-22-24(19)16-12-10-15(11-13-16)21(2,3)4/h10-14,18H,6,8-9H2,1-4H3,(H,23,25)/t18-/m0/s1. The van der Waals surface area contributed by atoms with E-state index in [4.69, 9.17) is 0 Å². The first kappa shape index (κ1) is 17.3. The van der Waals surface area contributed by atoms with Crippen LogP contribution in [0.2, 0.25) is 0 Å². The van der Waals surface area contributed by atoms with Crippen LogP contribution in [0.1, 0.15) is 63.4 Å². The smallest absolute Gasteiger partial charge is 0.296 e. The number of nitrogens with zero attached hydrogens (tertiary/aromatic N) is 2. The molecule has 0 aliphatic heterocycles. The third-order valence-electron chi connectivity index (χ3n) is 4.70. The molecule has 1 aromatic heterocycles. The molecule has 0 saturated carbocycles. The average molecular weight is 335 g/mol. The lowest BCUT2D eigenvalue weighted by molar-refractivity contribution is -0.116. The van der Waals surface area contributed by atoms with Gasteiger partial charge in [0, 0.05) is 11.3 Å². The molecular formula is C21H25N3O. The van der Waals surface area contributed by atoms with Crippen molar-refractivity contribution < 1.29 is 4.79 Å². The largest absolute Gasteiger partial charge is 0.338 e. The summed E-state index contributed by atoms with van der Waals surface area (Å²) in [5, 5.41) is 7.60. The highest BCUT2D eigenvalue weighted by molar-refractivity contribution is 5.93. The van der Waals surface area contributed by atoms with Gasteiger partial charge in [-0.2, -0.15) is 5.10 Å². The predicted molar refractivity (Wildman–Crippen MR) is 99.5 cm³/mol. The van der Waals surface area contributed by atoms with Crippen molar-refractivity contribution in [2.24, 2.45) is 0 Å². The van der Waals surface area contributed by atoms with Gasteiger partial charge in [0.2, 0.25) is 0 Å². The number of hydrogen-bond acceptors (Lipinski definition) is 2. The van der Waals surface area contributed by atoms with Crippen molar-refractivity contribution in [2.75, 3.05) is 0 Å². The molecule has 4 nitrogen and oxygen atoms in total. The maximum absolute atomic E-state index is 11.8. The van der Waals surface area contributed by atoms with Gasteiger partial charge < -0.3 is 5.32 Å². The number of nitrogens with one attached hydrogen (secondary N) is 1. The highest BCUT2D eigenvalue weighted by Crippen LogP contribution is 2.31. The van der Waals surface area contributed by atoms with Crippen LogP contribution in [0.3, 0.4) is 0 Å². The lowest BCUT2D eigenvalue weighted by atomic mass is 9.87. The van der Waals surface area contributed by atoms with Gasteiger partial charge in [0.1, 0.15) is 0 Å². The number of amides is 1. The van der Waals surface area contributed by atoms with Gasteiger partial charge in [-0.3, -0.25) is 4.79 Å². The third kappa shape index (κ3) is 3.61. The molecule has 1 aromatic carbocycles. The normalized spacial score (nSPS) is 16.6. The van der Waals surface area contributed by atoms with E-state index in [1.807, 2.05) is 10.9 Å². The van der Waals surface area contributed by atoms with E-state index < -0.39 is 0 Å². The molecular weight excluding hydrogens is 310 g/mol. The van der Waals surface area contributed by atoms with E-state index in [1.54, 1.807) is 6.92 Å². The fraction of sp³-hybridized carbons (Fsp3) is 0.429. The Bertz CT molecular complexity index is 829. The Morgan fingerprint density at radius 2 is 2.00 bits per heavy atom. The van der Waals surface area contributed by atoms with Gasteiger partial charge in [0.25, 0.3) is 5.91 Å². The molecule has 0 spiro atoms. The molecule has 0 unspecified atom stereocenters. The minimum atomic E-state index is -0.220. The number of rotatable bonds is 2. The summed E-state index contributed by atoms with van der Waals surface area (Å²) in [5.74, 6) is 4.98. The maximum Gasteiger partial charge on any atom is 0.296 e. The van der Waals surface area contributed by atoms with E-state index in [0.29, 0.717) is 0 Å². The quantitative estimate of drug-likeness (QED) is 0.851. The average Bonchev–Trinajstić information content (AvgIpc) is 2.99. The second-order valence-electron chi connectivity index (χ2n) is 7.55. The van der Waals surface area contributed by atoms with Crippen LogP contribution in [0.25, 0.3) is 5.69 Å². The zero-order valence-corrected chi connectivity index (χ0v) is 15.4. The lowest BCUT2D eigenvalue weighted by Crippen LogP contribution is -2.29. The SMILES string of the molecule is CC#CC(=O)N[C@H]1CCCc2c1cnn2-c1ccc(C(C)(C)C)cc1. The number of carbonyl (C=O) groups is 1. The first-order valence-electron chi connectivity index (χ1n) is 8.81. The highest BCUT2D eigenvalue weighted by atomic mass is 16.1. The van der Waals surface area contributed by atoms with E-state index in [0.717, 1.165) is 30.5 Å². The second-order valence-corrected chi connectivity index (χ2v) is 7.55. The molecule has 1 aliphatic rings. The van der Waals surface area contributed by atoms with Crippen molar-refractivity contribution in [3.8, 4) is 17.5 Å². The summed E-state index contributed by atoms with van der Waals surface area (Å²) < 4.78 is 2.01. The Balaban J connectivity index is 1.89. The van der Waals surface area contributed by atoms with Gasteiger partial charge in [0.15, 0.2) is 0 Å². The molecule has 1 amide bonds. The van der Waals surface area contributed by atoms with Crippen LogP contribution < -0.4 is 5.32 Å². The zero-order valence-electron chi connectivity index (χ0n) is 15.4. The molecule has 0 bridgehead atoms. The van der Waals surface area contributed by atoms with Crippen molar-refractivity contribution in [1.29, 1.82) is 0 Å². The van der Waals surface area contributed by atoms with Gasteiger partial charge in [-0.15, -0.1) is 0 Å². The summed E-state index contributed by atoms with van der Waals surface area (Å²) in [6.07, 6.45) is 4.82. The van der Waals surface area contributed by atoms with Crippen LogP contribution in [-0.2, 0) is 16.6 Å². The van der Waals surface area contributed by atoms with Gasteiger partial charge in [-0.05, 0) is 55.2 Å². The molecule has 1 N–H and O–H groups in total. The van der Waals surface area contributed by atoms with Gasteiger partial charge in [-0.25, -0.2) is 4.68 Å². The van der Waals surface area contributed by atoms with Crippen molar-refractivity contribution >= 4 is 5.91 Å².